The molecule has 0 aliphatic heterocycles. The average molecular weight is 383 g/mol. The number of amides is 2. The molecule has 124 valence electrons. The second kappa shape index (κ2) is 6.19. The first-order valence-electron chi connectivity index (χ1n) is 6.99. The Bertz CT molecular complexity index is 764. The number of halogens is 1. The van der Waals surface area contributed by atoms with E-state index in [1.807, 2.05) is 20.8 Å². The summed E-state index contributed by atoms with van der Waals surface area (Å²) in [6, 6.07) is 3.31. The number of pyridine rings is 1. The van der Waals surface area contributed by atoms with Crippen molar-refractivity contribution >= 4 is 33.6 Å². The van der Waals surface area contributed by atoms with Crippen molar-refractivity contribution in [3.05, 3.63) is 34.2 Å². The number of hydrogen-bond acceptors (Lipinski definition) is 4. The van der Waals surface area contributed by atoms with Crippen LogP contribution in [0.4, 0.5) is 4.79 Å². The molecule has 2 heterocycles. The van der Waals surface area contributed by atoms with Crippen LogP contribution in [0.2, 0.25) is 0 Å². The number of rotatable bonds is 3. The summed E-state index contributed by atoms with van der Waals surface area (Å²) in [7, 11) is 1.64. The largest absolute Gasteiger partial charge is 0.444 e. The zero-order chi connectivity index (χ0) is 17.4. The van der Waals surface area contributed by atoms with E-state index in [1.54, 1.807) is 29.8 Å². The van der Waals surface area contributed by atoms with Crippen molar-refractivity contribution in [3.63, 3.8) is 0 Å². The average Bonchev–Trinajstić information content (AvgIpc) is 2.73. The molecule has 0 saturated carbocycles. The van der Waals surface area contributed by atoms with Crippen LogP contribution in [0.3, 0.4) is 0 Å². The van der Waals surface area contributed by atoms with Gasteiger partial charge < -0.3 is 15.4 Å². The van der Waals surface area contributed by atoms with Crippen molar-refractivity contribution in [1.82, 2.24) is 14.3 Å². The molecule has 2 N–H and O–H groups in total. The van der Waals surface area contributed by atoms with Crippen LogP contribution >= 0.6 is 15.9 Å². The van der Waals surface area contributed by atoms with E-state index < -0.39 is 17.6 Å². The fourth-order valence-corrected chi connectivity index (χ4v) is 2.44. The first-order valence-corrected chi connectivity index (χ1v) is 7.78. The maximum atomic E-state index is 12.0. The fourth-order valence-electron chi connectivity index (χ4n) is 1.94. The van der Waals surface area contributed by atoms with E-state index in [2.05, 4.69) is 20.9 Å². The van der Waals surface area contributed by atoms with Gasteiger partial charge in [-0.05, 0) is 48.8 Å². The summed E-state index contributed by atoms with van der Waals surface area (Å²) in [6.07, 6.45) is 1.17. The first kappa shape index (κ1) is 17.3. The number of ether oxygens (including phenoxy) is 1. The molecule has 8 heteroatoms. The van der Waals surface area contributed by atoms with Gasteiger partial charge in [0, 0.05) is 13.2 Å². The number of hydrogen-bond donors (Lipinski definition) is 1. The first-order chi connectivity index (χ1) is 10.6. The molecule has 2 rings (SSSR count). The fraction of sp³-hybridized carbons (Fsp3) is 0.400. The van der Waals surface area contributed by atoms with Gasteiger partial charge in [0.05, 0.1) is 17.8 Å². The highest BCUT2D eigenvalue weighted by Gasteiger charge is 2.21. The summed E-state index contributed by atoms with van der Waals surface area (Å²) in [5, 5.41) is 0. The Balaban J connectivity index is 2.25. The quantitative estimate of drug-likeness (QED) is 0.882. The Morgan fingerprint density at radius 3 is 2.61 bits per heavy atom. The van der Waals surface area contributed by atoms with E-state index in [0.29, 0.717) is 21.5 Å². The zero-order valence-electron chi connectivity index (χ0n) is 13.5. The molecular formula is C15H19BrN4O3. The molecule has 0 bridgehead atoms. The van der Waals surface area contributed by atoms with Gasteiger partial charge in [-0.2, -0.15) is 0 Å². The predicted octanol–water partition coefficient (Wildman–Crippen LogP) is 2.56. The highest BCUT2D eigenvalue weighted by atomic mass is 79.9. The summed E-state index contributed by atoms with van der Waals surface area (Å²) in [5.41, 5.74) is 6.40. The van der Waals surface area contributed by atoms with Gasteiger partial charge in [0.25, 0.3) is 0 Å². The van der Waals surface area contributed by atoms with E-state index in [0.717, 1.165) is 0 Å². The maximum Gasteiger partial charge on any atom is 0.410 e. The lowest BCUT2D eigenvalue weighted by atomic mass is 10.2. The molecule has 23 heavy (non-hydrogen) atoms. The van der Waals surface area contributed by atoms with Gasteiger partial charge in [-0.25, -0.2) is 9.78 Å². The molecule has 7 nitrogen and oxygen atoms in total. The summed E-state index contributed by atoms with van der Waals surface area (Å²) in [5.74, 6) is -0.514. The maximum absolute atomic E-state index is 12.0. The topological polar surface area (TPSA) is 89.9 Å². The zero-order valence-corrected chi connectivity index (χ0v) is 15.0. The number of nitrogens with zero attached hydrogens (tertiary/aromatic N) is 3. The van der Waals surface area contributed by atoms with Gasteiger partial charge in [-0.3, -0.25) is 9.20 Å². The van der Waals surface area contributed by atoms with Crippen LogP contribution in [0.1, 0.15) is 36.8 Å². The molecule has 0 spiro atoms. The molecule has 0 aromatic carbocycles. The lowest BCUT2D eigenvalue weighted by Crippen LogP contribution is -2.33. The Kier molecular flexibility index (Phi) is 4.65. The normalized spacial score (nSPS) is 11.5. The van der Waals surface area contributed by atoms with Crippen molar-refractivity contribution in [1.29, 1.82) is 0 Å². The number of nitrogens with two attached hydrogens (primary N) is 1. The van der Waals surface area contributed by atoms with Crippen LogP contribution in [-0.4, -0.2) is 38.9 Å². The Hall–Kier alpha value is -2.09. The molecule has 0 saturated heterocycles. The van der Waals surface area contributed by atoms with Crippen molar-refractivity contribution in [3.8, 4) is 0 Å². The number of carbonyl (C=O) groups excluding carboxylic acids is 2. The monoisotopic (exact) mass is 382 g/mol. The lowest BCUT2D eigenvalue weighted by Gasteiger charge is -2.24. The predicted molar refractivity (Wildman–Crippen MR) is 89.1 cm³/mol. The third kappa shape index (κ3) is 4.01. The van der Waals surface area contributed by atoms with Crippen molar-refractivity contribution < 1.29 is 14.3 Å². The molecular weight excluding hydrogens is 364 g/mol. The van der Waals surface area contributed by atoms with Crippen LogP contribution in [0.5, 0.6) is 0 Å². The standard InChI is InChI=1S/C15H19BrN4O3/c1-15(2,3)23-14(22)19(4)8-10-12(16)20-7-9(13(17)21)5-6-11(20)18-10/h5-7H,8H2,1-4H3,(H2,17,21). The van der Waals surface area contributed by atoms with Gasteiger partial charge in [0.1, 0.15) is 15.9 Å². The number of aromatic nitrogens is 2. The molecule has 2 aromatic rings. The SMILES string of the molecule is CN(Cc1nc2ccc(C(N)=O)cn2c1Br)C(=O)OC(C)(C)C. The third-order valence-corrected chi connectivity index (χ3v) is 3.84. The number of primary amides is 1. The van der Waals surface area contributed by atoms with E-state index in [9.17, 15) is 9.59 Å². The molecule has 0 atom stereocenters. The Morgan fingerprint density at radius 1 is 1.39 bits per heavy atom. The van der Waals surface area contributed by atoms with Gasteiger partial charge in [0.2, 0.25) is 5.91 Å². The smallest absolute Gasteiger partial charge is 0.410 e. The van der Waals surface area contributed by atoms with Crippen molar-refractivity contribution in [2.45, 2.75) is 32.9 Å². The van der Waals surface area contributed by atoms with Crippen LogP contribution in [0.15, 0.2) is 22.9 Å². The second-order valence-corrected chi connectivity index (χ2v) is 6.95. The van der Waals surface area contributed by atoms with E-state index in [-0.39, 0.29) is 6.54 Å². The number of imidazole rings is 1. The van der Waals surface area contributed by atoms with Crippen LogP contribution in [0, 0.1) is 0 Å². The summed E-state index contributed by atoms with van der Waals surface area (Å²) < 4.78 is 7.68. The lowest BCUT2D eigenvalue weighted by molar-refractivity contribution is 0.0283. The van der Waals surface area contributed by atoms with Gasteiger partial charge >= 0.3 is 6.09 Å². The molecule has 0 unspecified atom stereocenters. The Labute approximate surface area is 142 Å². The number of carbonyl (C=O) groups is 2. The molecule has 0 radical (unpaired) electrons. The van der Waals surface area contributed by atoms with Crippen LogP contribution in [-0.2, 0) is 11.3 Å². The summed E-state index contributed by atoms with van der Waals surface area (Å²) in [6.45, 7) is 5.70. The van der Waals surface area contributed by atoms with Crippen LogP contribution in [0.25, 0.3) is 5.65 Å². The molecule has 0 fully saturated rings. The van der Waals surface area contributed by atoms with Crippen molar-refractivity contribution in [2.24, 2.45) is 5.73 Å². The summed E-state index contributed by atoms with van der Waals surface area (Å²) in [4.78, 5) is 29.2. The second-order valence-electron chi connectivity index (χ2n) is 6.20. The molecule has 2 aromatic heterocycles. The van der Waals surface area contributed by atoms with Gasteiger partial charge in [-0.15, -0.1) is 0 Å². The van der Waals surface area contributed by atoms with Crippen LogP contribution < -0.4 is 5.73 Å². The van der Waals surface area contributed by atoms with Gasteiger partial charge in [-0.1, -0.05) is 0 Å². The molecule has 2 amide bonds. The summed E-state index contributed by atoms with van der Waals surface area (Å²) >= 11 is 3.44. The van der Waals surface area contributed by atoms with E-state index >= 15 is 0 Å². The highest BCUT2D eigenvalue weighted by molar-refractivity contribution is 9.10. The minimum atomic E-state index is -0.558. The van der Waals surface area contributed by atoms with E-state index in [1.165, 1.54) is 4.90 Å². The highest BCUT2D eigenvalue weighted by Crippen LogP contribution is 2.21. The minimum absolute atomic E-state index is 0.267. The van der Waals surface area contributed by atoms with Gasteiger partial charge in [0.15, 0.2) is 0 Å². The molecule has 0 aliphatic rings. The molecule has 0 aliphatic carbocycles. The Morgan fingerprint density at radius 2 is 2.04 bits per heavy atom. The van der Waals surface area contributed by atoms with Crippen molar-refractivity contribution in [2.75, 3.05) is 7.05 Å². The van der Waals surface area contributed by atoms with E-state index in [4.69, 9.17) is 10.5 Å². The third-order valence-electron chi connectivity index (χ3n) is 3.00. The minimum Gasteiger partial charge on any atom is -0.444 e. The number of fused-ring (bicyclic) bond motifs is 1.